The van der Waals surface area contributed by atoms with E-state index in [4.69, 9.17) is 0 Å². The van der Waals surface area contributed by atoms with Crippen LogP contribution < -0.4 is 5.32 Å². The fraction of sp³-hybridized carbons (Fsp3) is 0.231. The van der Waals surface area contributed by atoms with Gasteiger partial charge < -0.3 is 5.32 Å². The van der Waals surface area contributed by atoms with Gasteiger partial charge in [0.25, 0.3) is 0 Å². The first-order valence-electron chi connectivity index (χ1n) is 5.30. The molecule has 3 nitrogen and oxygen atoms in total. The number of carbonyl (C=O) groups excluding carboxylic acids is 1. The summed E-state index contributed by atoms with van der Waals surface area (Å²) in [5, 5.41) is 2.73. The fourth-order valence-corrected chi connectivity index (χ4v) is 1.22. The molecule has 0 unspecified atom stereocenters. The lowest BCUT2D eigenvalue weighted by atomic mass is 10.2. The van der Waals surface area contributed by atoms with E-state index in [0.29, 0.717) is 5.69 Å². The quantitative estimate of drug-likeness (QED) is 0.621. The third-order valence-electron chi connectivity index (χ3n) is 2.16. The van der Waals surface area contributed by atoms with Crippen LogP contribution in [-0.2, 0) is 4.79 Å². The number of amides is 1. The molecule has 0 fully saturated rings. The zero-order chi connectivity index (χ0) is 11.8. The van der Waals surface area contributed by atoms with Crippen LogP contribution in [-0.4, -0.2) is 10.9 Å². The van der Waals surface area contributed by atoms with Gasteiger partial charge in [-0.2, -0.15) is 0 Å². The number of rotatable bonds is 4. The summed E-state index contributed by atoms with van der Waals surface area (Å²) in [6.07, 6.45) is 9.56. The lowest BCUT2D eigenvalue weighted by Crippen LogP contribution is -2.07. The van der Waals surface area contributed by atoms with Crippen molar-refractivity contribution in [3.05, 3.63) is 48.3 Å². The summed E-state index contributed by atoms with van der Waals surface area (Å²) < 4.78 is 0. The maximum Gasteiger partial charge on any atom is 0.248 e. The molecular formula is C13H16N2O. The Hall–Kier alpha value is -1.90. The molecule has 0 atom stereocenters. The van der Waals surface area contributed by atoms with E-state index in [9.17, 15) is 4.79 Å². The van der Waals surface area contributed by atoms with Crippen LogP contribution in [0, 0.1) is 0 Å². The highest BCUT2D eigenvalue weighted by Gasteiger charge is 1.96. The van der Waals surface area contributed by atoms with Crippen molar-refractivity contribution in [2.75, 3.05) is 5.32 Å². The molecule has 0 aliphatic heterocycles. The zero-order valence-electron chi connectivity index (χ0n) is 9.60. The molecule has 0 aliphatic rings. The first kappa shape index (κ1) is 12.2. The maximum absolute atomic E-state index is 11.5. The number of nitrogens with one attached hydrogen (secondary N) is 1. The number of anilines is 1. The van der Waals surface area contributed by atoms with E-state index in [1.54, 1.807) is 24.5 Å². The Bertz CT molecular complexity index is 394. The standard InChI is InChI=1S/C13H16N2O/c1-3-11(4-2)7-8-13(16)15-12-6-5-9-14-10-12/h3,5-10H,4H2,1-2H3,(H,15,16). The highest BCUT2D eigenvalue weighted by Crippen LogP contribution is 2.04. The van der Waals surface area contributed by atoms with Gasteiger partial charge in [-0.1, -0.05) is 24.6 Å². The average Bonchev–Trinajstić information content (AvgIpc) is 2.31. The third-order valence-corrected chi connectivity index (χ3v) is 2.16. The number of allylic oxidation sites excluding steroid dienone is 3. The molecular weight excluding hydrogens is 200 g/mol. The lowest BCUT2D eigenvalue weighted by Gasteiger charge is -2.00. The highest BCUT2D eigenvalue weighted by molar-refractivity contribution is 5.99. The third kappa shape index (κ3) is 4.09. The predicted molar refractivity (Wildman–Crippen MR) is 66.1 cm³/mol. The molecule has 1 aromatic heterocycles. The van der Waals surface area contributed by atoms with Crippen LogP contribution in [0.25, 0.3) is 0 Å². The number of carbonyl (C=O) groups is 1. The molecule has 1 amide bonds. The fourth-order valence-electron chi connectivity index (χ4n) is 1.22. The summed E-state index contributed by atoms with van der Waals surface area (Å²) in [4.78, 5) is 15.4. The number of pyridine rings is 1. The Labute approximate surface area is 95.9 Å². The van der Waals surface area contributed by atoms with Gasteiger partial charge in [0.2, 0.25) is 5.91 Å². The average molecular weight is 216 g/mol. The van der Waals surface area contributed by atoms with Crippen LogP contribution in [0.3, 0.4) is 0 Å². The second kappa shape index (κ2) is 6.56. The van der Waals surface area contributed by atoms with Gasteiger partial charge in [0, 0.05) is 12.3 Å². The van der Waals surface area contributed by atoms with Crippen LogP contribution >= 0.6 is 0 Å². The van der Waals surface area contributed by atoms with E-state index in [1.165, 1.54) is 6.08 Å². The molecule has 0 aliphatic carbocycles. The van der Waals surface area contributed by atoms with E-state index >= 15 is 0 Å². The maximum atomic E-state index is 11.5. The number of aromatic nitrogens is 1. The number of nitrogens with zero attached hydrogens (tertiary/aromatic N) is 1. The van der Waals surface area contributed by atoms with Crippen molar-refractivity contribution in [1.82, 2.24) is 4.98 Å². The van der Waals surface area contributed by atoms with Crippen molar-refractivity contribution < 1.29 is 4.79 Å². The van der Waals surface area contributed by atoms with E-state index < -0.39 is 0 Å². The van der Waals surface area contributed by atoms with Gasteiger partial charge in [-0.25, -0.2) is 0 Å². The Balaban J connectivity index is 2.55. The van der Waals surface area contributed by atoms with Crippen molar-refractivity contribution in [1.29, 1.82) is 0 Å². The van der Waals surface area contributed by atoms with Gasteiger partial charge in [0.15, 0.2) is 0 Å². The molecule has 1 N–H and O–H groups in total. The largest absolute Gasteiger partial charge is 0.321 e. The second-order valence-electron chi connectivity index (χ2n) is 3.28. The SMILES string of the molecule is CC=C(C=CC(=O)Nc1cccnc1)CC. The minimum Gasteiger partial charge on any atom is -0.321 e. The molecule has 1 rings (SSSR count). The van der Waals surface area contributed by atoms with E-state index in [1.807, 2.05) is 19.1 Å². The summed E-state index contributed by atoms with van der Waals surface area (Å²) in [5.41, 5.74) is 1.84. The normalized spacial score (nSPS) is 11.8. The summed E-state index contributed by atoms with van der Waals surface area (Å²) in [7, 11) is 0. The van der Waals surface area contributed by atoms with E-state index in [0.717, 1.165) is 12.0 Å². The number of hydrogen-bond acceptors (Lipinski definition) is 2. The molecule has 0 radical (unpaired) electrons. The van der Waals surface area contributed by atoms with E-state index in [2.05, 4.69) is 17.2 Å². The summed E-state index contributed by atoms with van der Waals surface area (Å²) in [6, 6.07) is 3.58. The molecule has 84 valence electrons. The minimum atomic E-state index is -0.138. The van der Waals surface area contributed by atoms with Crippen LogP contribution in [0.15, 0.2) is 48.3 Å². The number of hydrogen-bond donors (Lipinski definition) is 1. The molecule has 0 saturated carbocycles. The molecule has 1 aromatic rings. The van der Waals surface area contributed by atoms with Gasteiger partial charge in [-0.15, -0.1) is 0 Å². The van der Waals surface area contributed by atoms with Crippen molar-refractivity contribution in [3.8, 4) is 0 Å². The van der Waals surface area contributed by atoms with E-state index in [-0.39, 0.29) is 5.91 Å². The monoisotopic (exact) mass is 216 g/mol. The van der Waals surface area contributed by atoms with Crippen molar-refractivity contribution in [2.24, 2.45) is 0 Å². The van der Waals surface area contributed by atoms with Gasteiger partial charge in [-0.3, -0.25) is 9.78 Å². The van der Waals surface area contributed by atoms with Crippen LogP contribution in [0.4, 0.5) is 5.69 Å². The minimum absolute atomic E-state index is 0.138. The molecule has 0 spiro atoms. The lowest BCUT2D eigenvalue weighted by molar-refractivity contribution is -0.111. The smallest absolute Gasteiger partial charge is 0.248 e. The van der Waals surface area contributed by atoms with Gasteiger partial charge in [0.05, 0.1) is 11.9 Å². The predicted octanol–water partition coefficient (Wildman–Crippen LogP) is 2.93. The summed E-state index contributed by atoms with van der Waals surface area (Å²) in [6.45, 7) is 4.01. The van der Waals surface area contributed by atoms with Gasteiger partial charge in [0.1, 0.15) is 0 Å². The Morgan fingerprint density at radius 3 is 2.88 bits per heavy atom. The zero-order valence-corrected chi connectivity index (χ0v) is 9.60. The van der Waals surface area contributed by atoms with Gasteiger partial charge in [-0.05, 0) is 25.5 Å². The van der Waals surface area contributed by atoms with Crippen molar-refractivity contribution in [2.45, 2.75) is 20.3 Å². The molecule has 0 aromatic carbocycles. The van der Waals surface area contributed by atoms with Crippen LogP contribution in [0.2, 0.25) is 0 Å². The van der Waals surface area contributed by atoms with Crippen molar-refractivity contribution in [3.63, 3.8) is 0 Å². The molecule has 0 saturated heterocycles. The Morgan fingerprint density at radius 2 is 2.31 bits per heavy atom. The first-order valence-corrected chi connectivity index (χ1v) is 5.30. The molecule has 1 heterocycles. The summed E-state index contributed by atoms with van der Waals surface area (Å²) >= 11 is 0. The van der Waals surface area contributed by atoms with Crippen LogP contribution in [0.5, 0.6) is 0 Å². The van der Waals surface area contributed by atoms with Gasteiger partial charge >= 0.3 is 0 Å². The summed E-state index contributed by atoms with van der Waals surface area (Å²) in [5.74, 6) is -0.138. The Morgan fingerprint density at radius 1 is 1.50 bits per heavy atom. The first-order chi connectivity index (χ1) is 7.76. The van der Waals surface area contributed by atoms with Crippen molar-refractivity contribution >= 4 is 11.6 Å². The highest BCUT2D eigenvalue weighted by atomic mass is 16.1. The second-order valence-corrected chi connectivity index (χ2v) is 3.28. The Kier molecular flexibility index (Phi) is 4.99. The topological polar surface area (TPSA) is 42.0 Å². The van der Waals surface area contributed by atoms with Crippen LogP contribution in [0.1, 0.15) is 20.3 Å². The molecule has 3 heteroatoms. The molecule has 16 heavy (non-hydrogen) atoms. The molecule has 0 bridgehead atoms.